The molecule has 9 heteroatoms. The molecule has 2 heterocycles. The van der Waals surface area contributed by atoms with E-state index >= 15 is 0 Å². The van der Waals surface area contributed by atoms with Crippen molar-refractivity contribution in [1.29, 1.82) is 5.26 Å². The maximum atomic E-state index is 14.0. The van der Waals surface area contributed by atoms with Crippen molar-refractivity contribution in [2.75, 3.05) is 4.90 Å². The molecule has 0 fully saturated rings. The number of nitrogens with zero attached hydrogens (tertiary/aromatic N) is 3. The summed E-state index contributed by atoms with van der Waals surface area (Å²) in [5, 5.41) is 20.9. The predicted molar refractivity (Wildman–Crippen MR) is 145 cm³/mol. The maximum absolute atomic E-state index is 14.0. The van der Waals surface area contributed by atoms with Crippen LogP contribution in [0.25, 0.3) is 10.6 Å². The van der Waals surface area contributed by atoms with Gasteiger partial charge in [-0.3, -0.25) is 19.3 Å². The zero-order valence-electron chi connectivity index (χ0n) is 20.9. The average molecular weight is 536 g/mol. The lowest BCUT2D eigenvalue weighted by atomic mass is 9.94. The predicted octanol–water partition coefficient (Wildman–Crippen LogP) is 5.70. The Kier molecular flexibility index (Phi) is 6.79. The number of aryl methyl sites for hydroxylation is 1. The number of aliphatic hydroxyl groups excluding tert-OH is 1. The number of amides is 1. The van der Waals surface area contributed by atoms with Gasteiger partial charge in [-0.25, -0.2) is 4.98 Å². The van der Waals surface area contributed by atoms with Crippen molar-refractivity contribution in [2.45, 2.75) is 19.9 Å². The quantitative estimate of drug-likeness (QED) is 0.191. The summed E-state index contributed by atoms with van der Waals surface area (Å²) in [5.74, 6) is -2.10. The number of aliphatic hydroxyl groups is 1. The Balaban J connectivity index is 1.61. The Labute approximate surface area is 228 Å². The summed E-state index contributed by atoms with van der Waals surface area (Å²) in [6.45, 7) is 3.00. The molecule has 3 aromatic carbocycles. The molecule has 0 radical (unpaired) electrons. The Bertz CT molecular complexity index is 1670. The van der Waals surface area contributed by atoms with Gasteiger partial charge in [0.25, 0.3) is 5.91 Å². The zero-order valence-corrected chi connectivity index (χ0v) is 21.7. The molecule has 1 amide bonds. The van der Waals surface area contributed by atoms with E-state index in [0.717, 1.165) is 5.56 Å². The molecule has 0 aliphatic carbocycles. The number of thiazole rings is 1. The van der Waals surface area contributed by atoms with Crippen LogP contribution in [-0.4, -0.2) is 27.8 Å². The fourth-order valence-corrected chi connectivity index (χ4v) is 5.46. The first kappa shape index (κ1) is 25.6. The van der Waals surface area contributed by atoms with E-state index in [4.69, 9.17) is 4.74 Å². The number of aromatic nitrogens is 1. The number of ether oxygens (including phenoxy) is 1. The summed E-state index contributed by atoms with van der Waals surface area (Å²) in [6, 6.07) is 23.1. The Morgan fingerprint density at radius 1 is 1.03 bits per heavy atom. The normalized spacial score (nSPS) is 14.8. The first-order chi connectivity index (χ1) is 18.8. The van der Waals surface area contributed by atoms with Crippen molar-refractivity contribution in [2.24, 2.45) is 0 Å². The molecule has 0 spiro atoms. The van der Waals surface area contributed by atoms with E-state index in [0.29, 0.717) is 38.1 Å². The molecule has 1 aromatic heterocycles. The number of anilines is 1. The van der Waals surface area contributed by atoms with Crippen molar-refractivity contribution in [1.82, 2.24) is 4.98 Å². The fraction of sp³-hybridized carbons (Fsp3) is 0.100. The summed E-state index contributed by atoms with van der Waals surface area (Å²) in [6.07, 6.45) is 0. The molecule has 39 heavy (non-hydrogen) atoms. The van der Waals surface area contributed by atoms with Gasteiger partial charge in [0.15, 0.2) is 5.76 Å². The molecular formula is C30H21N3O5S. The number of benzene rings is 3. The molecule has 0 saturated heterocycles. The van der Waals surface area contributed by atoms with Crippen LogP contribution in [0, 0.1) is 18.3 Å². The highest BCUT2D eigenvalue weighted by Gasteiger charge is 2.45. The first-order valence-corrected chi connectivity index (χ1v) is 12.7. The molecule has 0 saturated carbocycles. The lowest BCUT2D eigenvalue weighted by Gasteiger charge is -2.27. The van der Waals surface area contributed by atoms with Crippen LogP contribution in [0.2, 0.25) is 0 Å². The topological polar surface area (TPSA) is 121 Å². The highest BCUT2D eigenvalue weighted by molar-refractivity contribution is 7.17. The van der Waals surface area contributed by atoms with E-state index in [-0.39, 0.29) is 5.57 Å². The van der Waals surface area contributed by atoms with Crippen molar-refractivity contribution in [3.63, 3.8) is 0 Å². The number of hydrogen-bond donors (Lipinski definition) is 1. The van der Waals surface area contributed by atoms with Crippen molar-refractivity contribution in [3.05, 3.63) is 112 Å². The molecule has 1 aliphatic heterocycles. The lowest BCUT2D eigenvalue weighted by Crippen LogP contribution is -2.31. The summed E-state index contributed by atoms with van der Waals surface area (Å²) < 4.78 is 5.13. The van der Waals surface area contributed by atoms with Crippen LogP contribution in [0.4, 0.5) is 5.69 Å². The van der Waals surface area contributed by atoms with Gasteiger partial charge in [0.1, 0.15) is 10.8 Å². The minimum Gasteiger partial charge on any atom is -0.503 e. The molecule has 1 N–H and O–H groups in total. The second kappa shape index (κ2) is 10.4. The third-order valence-electron chi connectivity index (χ3n) is 6.21. The number of carbonyl (C=O) groups excluding carboxylic acids is 3. The minimum atomic E-state index is -0.981. The lowest BCUT2D eigenvalue weighted by molar-refractivity contribution is -0.131. The number of ketones is 1. The largest absolute Gasteiger partial charge is 0.503 e. The molecule has 5 rings (SSSR count). The number of rotatable bonds is 6. The molecule has 1 aliphatic rings. The Morgan fingerprint density at radius 3 is 2.31 bits per heavy atom. The third-order valence-corrected chi connectivity index (χ3v) is 7.41. The molecule has 1 unspecified atom stereocenters. The second-order valence-electron chi connectivity index (χ2n) is 8.79. The molecule has 1 atom stereocenters. The van der Waals surface area contributed by atoms with Gasteiger partial charge in [0.2, 0.25) is 5.78 Å². The van der Waals surface area contributed by atoms with E-state index in [9.17, 15) is 24.8 Å². The van der Waals surface area contributed by atoms with Gasteiger partial charge in [-0.05, 0) is 48.9 Å². The third kappa shape index (κ3) is 4.81. The van der Waals surface area contributed by atoms with Gasteiger partial charge < -0.3 is 9.84 Å². The Morgan fingerprint density at radius 2 is 1.69 bits per heavy atom. The number of carbonyl (C=O) groups is 3. The van der Waals surface area contributed by atoms with Gasteiger partial charge in [-0.15, -0.1) is 11.3 Å². The second-order valence-corrected chi connectivity index (χ2v) is 9.79. The smallest absolute Gasteiger partial charge is 0.308 e. The van der Waals surface area contributed by atoms with Crippen LogP contribution in [0.1, 0.15) is 39.5 Å². The first-order valence-electron chi connectivity index (χ1n) is 11.9. The van der Waals surface area contributed by atoms with E-state index in [2.05, 4.69) is 4.98 Å². The Hall–Kier alpha value is -5.07. The summed E-state index contributed by atoms with van der Waals surface area (Å²) in [7, 11) is 0. The molecule has 192 valence electrons. The van der Waals surface area contributed by atoms with E-state index in [1.54, 1.807) is 55.5 Å². The standard InChI is InChI=1S/C30H21N3O5S/c1-17-28(39-29(32-17)21-6-4-3-5-7-21)26(35)24-25(20-10-14-23(15-11-20)38-18(2)34)33(30(37)27(24)36)22-12-8-19(16-31)9-13-22/h3-15,25,36H,1-2H3. The maximum Gasteiger partial charge on any atom is 0.308 e. The van der Waals surface area contributed by atoms with Crippen LogP contribution in [-0.2, 0) is 9.59 Å². The van der Waals surface area contributed by atoms with Gasteiger partial charge in [0.05, 0.1) is 33.8 Å². The van der Waals surface area contributed by atoms with Gasteiger partial charge in [0, 0.05) is 18.2 Å². The van der Waals surface area contributed by atoms with E-state index in [1.807, 2.05) is 36.4 Å². The minimum absolute atomic E-state index is 0.0871. The molecule has 8 nitrogen and oxygen atoms in total. The molecule has 4 aromatic rings. The van der Waals surface area contributed by atoms with Crippen LogP contribution < -0.4 is 9.64 Å². The SMILES string of the molecule is CC(=O)Oc1ccc(C2C(C(=O)c3sc(-c4ccccc4)nc3C)=C(O)C(=O)N2c2ccc(C#N)cc2)cc1. The van der Waals surface area contributed by atoms with Crippen molar-refractivity contribution >= 4 is 34.7 Å². The van der Waals surface area contributed by atoms with Crippen molar-refractivity contribution < 1.29 is 24.2 Å². The van der Waals surface area contributed by atoms with Crippen molar-refractivity contribution in [3.8, 4) is 22.4 Å². The van der Waals surface area contributed by atoms with Crippen LogP contribution >= 0.6 is 11.3 Å². The summed E-state index contributed by atoms with van der Waals surface area (Å²) >= 11 is 1.19. The number of esters is 1. The molecule has 0 bridgehead atoms. The van der Waals surface area contributed by atoms with Crippen LogP contribution in [0.5, 0.6) is 5.75 Å². The van der Waals surface area contributed by atoms with Crippen LogP contribution in [0.15, 0.2) is 90.2 Å². The van der Waals surface area contributed by atoms with Gasteiger partial charge in [-0.2, -0.15) is 5.26 Å². The highest BCUT2D eigenvalue weighted by atomic mass is 32.1. The van der Waals surface area contributed by atoms with Gasteiger partial charge >= 0.3 is 5.97 Å². The van der Waals surface area contributed by atoms with Gasteiger partial charge in [-0.1, -0.05) is 42.5 Å². The summed E-state index contributed by atoms with van der Waals surface area (Å²) in [4.78, 5) is 45.0. The zero-order chi connectivity index (χ0) is 27.7. The number of hydrogen-bond acceptors (Lipinski definition) is 8. The number of Topliss-reactive ketones (excluding diaryl/α,β-unsaturated/α-hetero) is 1. The van der Waals surface area contributed by atoms with E-state index < -0.39 is 29.5 Å². The number of nitriles is 1. The molecular weight excluding hydrogens is 514 g/mol. The monoisotopic (exact) mass is 535 g/mol. The highest BCUT2D eigenvalue weighted by Crippen LogP contribution is 2.43. The average Bonchev–Trinajstić information content (AvgIpc) is 3.46. The van der Waals surface area contributed by atoms with E-state index in [1.165, 1.54) is 23.2 Å². The fourth-order valence-electron chi connectivity index (χ4n) is 4.43. The van der Waals surface area contributed by atoms with Crippen LogP contribution in [0.3, 0.4) is 0 Å². The summed E-state index contributed by atoms with van der Waals surface area (Å²) in [5.41, 5.74) is 2.56.